The average Bonchev–Trinajstić information content (AvgIpc) is 2.95. The number of aliphatic imine (C=N–C) groups is 1. The van der Waals surface area contributed by atoms with Gasteiger partial charge in [0.15, 0.2) is 0 Å². The fourth-order valence-electron chi connectivity index (χ4n) is 2.54. The van der Waals surface area contributed by atoms with Gasteiger partial charge in [-0.1, -0.05) is 6.07 Å². The monoisotopic (exact) mass is 303 g/mol. The molecule has 0 radical (unpaired) electrons. The summed E-state index contributed by atoms with van der Waals surface area (Å²) in [7, 11) is 1.70. The summed E-state index contributed by atoms with van der Waals surface area (Å²) in [6, 6.07) is 3.83. The molecule has 0 N–H and O–H groups in total. The Bertz CT molecular complexity index is 698. The van der Waals surface area contributed by atoms with E-state index in [0.717, 1.165) is 23.3 Å². The second-order valence-corrected chi connectivity index (χ2v) is 5.50. The van der Waals surface area contributed by atoms with Crippen molar-refractivity contribution in [3.8, 4) is 11.5 Å². The van der Waals surface area contributed by atoms with Crippen molar-refractivity contribution in [3.05, 3.63) is 45.3 Å². The van der Waals surface area contributed by atoms with Crippen LogP contribution in [-0.2, 0) is 6.42 Å². The third-order valence-electron chi connectivity index (χ3n) is 3.94. The molecule has 3 rings (SSSR count). The Balaban J connectivity index is 1.90. The van der Waals surface area contributed by atoms with Gasteiger partial charge in [0.05, 0.1) is 17.7 Å². The van der Waals surface area contributed by atoms with Crippen molar-refractivity contribution in [1.29, 1.82) is 0 Å². The fourth-order valence-corrected chi connectivity index (χ4v) is 2.54. The standard InChI is InChI=1S/C15H17N3O4/c1-10-4-5-13(12-6-7-21-14(10)12)22-15(2)16-8-11(18(19)20)9-17(15)3/h4-5,8-9H,6-7H2,1-3H3. The Labute approximate surface area is 128 Å². The highest BCUT2D eigenvalue weighted by Gasteiger charge is 2.35. The van der Waals surface area contributed by atoms with Gasteiger partial charge >= 0.3 is 5.70 Å². The quantitative estimate of drug-likeness (QED) is 0.631. The summed E-state index contributed by atoms with van der Waals surface area (Å²) in [5.74, 6) is 0.540. The van der Waals surface area contributed by atoms with Crippen LogP contribution in [-0.4, -0.2) is 35.5 Å². The Morgan fingerprint density at radius 2 is 2.27 bits per heavy atom. The molecule has 0 spiro atoms. The van der Waals surface area contributed by atoms with E-state index in [2.05, 4.69) is 4.99 Å². The van der Waals surface area contributed by atoms with E-state index in [0.29, 0.717) is 12.4 Å². The van der Waals surface area contributed by atoms with Crippen molar-refractivity contribution in [2.45, 2.75) is 26.1 Å². The zero-order valence-electron chi connectivity index (χ0n) is 12.7. The summed E-state index contributed by atoms with van der Waals surface area (Å²) < 4.78 is 11.7. The third kappa shape index (κ3) is 2.28. The molecular weight excluding hydrogens is 286 g/mol. The molecule has 22 heavy (non-hydrogen) atoms. The third-order valence-corrected chi connectivity index (χ3v) is 3.94. The van der Waals surface area contributed by atoms with Crippen molar-refractivity contribution in [2.75, 3.05) is 13.7 Å². The number of allylic oxidation sites excluding steroid dienone is 1. The lowest BCUT2D eigenvalue weighted by Gasteiger charge is -2.36. The van der Waals surface area contributed by atoms with Crippen LogP contribution >= 0.6 is 0 Å². The number of hydrogen-bond donors (Lipinski definition) is 0. The zero-order valence-corrected chi connectivity index (χ0v) is 12.7. The molecule has 1 atom stereocenters. The van der Waals surface area contributed by atoms with E-state index in [1.165, 1.54) is 12.4 Å². The number of ether oxygens (including phenoxy) is 2. The highest BCUT2D eigenvalue weighted by Crippen LogP contribution is 2.38. The lowest BCUT2D eigenvalue weighted by molar-refractivity contribution is -0.416. The summed E-state index contributed by atoms with van der Waals surface area (Å²) in [5, 5.41) is 10.8. The maximum atomic E-state index is 10.8. The van der Waals surface area contributed by atoms with Gasteiger partial charge in [0, 0.05) is 26.0 Å². The van der Waals surface area contributed by atoms with Crippen LogP contribution in [0, 0.1) is 17.0 Å². The van der Waals surface area contributed by atoms with Gasteiger partial charge in [-0.05, 0) is 18.6 Å². The van der Waals surface area contributed by atoms with E-state index in [1.54, 1.807) is 18.9 Å². The van der Waals surface area contributed by atoms with Crippen LogP contribution in [0.1, 0.15) is 18.1 Å². The first-order valence-electron chi connectivity index (χ1n) is 6.99. The second-order valence-electron chi connectivity index (χ2n) is 5.50. The van der Waals surface area contributed by atoms with Gasteiger partial charge in [0.2, 0.25) is 0 Å². The van der Waals surface area contributed by atoms with Gasteiger partial charge < -0.3 is 14.4 Å². The number of aryl methyl sites for hydroxylation is 1. The molecule has 1 aromatic carbocycles. The summed E-state index contributed by atoms with van der Waals surface area (Å²) in [5.41, 5.74) is 2.02. The highest BCUT2D eigenvalue weighted by atomic mass is 16.6. The molecule has 7 heteroatoms. The van der Waals surface area contributed by atoms with Crippen LogP contribution in [0.4, 0.5) is 0 Å². The molecule has 1 aromatic rings. The van der Waals surface area contributed by atoms with Crippen molar-refractivity contribution in [1.82, 2.24) is 4.90 Å². The van der Waals surface area contributed by atoms with Crippen LogP contribution in [0.15, 0.2) is 29.0 Å². The number of nitrogens with zero attached hydrogens (tertiary/aromatic N) is 3. The number of hydrogen-bond acceptors (Lipinski definition) is 6. The average molecular weight is 303 g/mol. The lowest BCUT2D eigenvalue weighted by Crippen LogP contribution is -2.46. The van der Waals surface area contributed by atoms with Crippen molar-refractivity contribution < 1.29 is 14.4 Å². The maximum absolute atomic E-state index is 10.8. The van der Waals surface area contributed by atoms with E-state index in [-0.39, 0.29) is 5.70 Å². The molecule has 0 bridgehead atoms. The molecule has 2 aliphatic rings. The molecular formula is C15H17N3O4. The lowest BCUT2D eigenvalue weighted by atomic mass is 10.1. The molecule has 1 unspecified atom stereocenters. The van der Waals surface area contributed by atoms with E-state index in [1.807, 2.05) is 19.1 Å². The van der Waals surface area contributed by atoms with Gasteiger partial charge in [0.1, 0.15) is 17.7 Å². The molecule has 0 amide bonds. The molecule has 0 saturated carbocycles. The van der Waals surface area contributed by atoms with Crippen LogP contribution in [0.3, 0.4) is 0 Å². The minimum atomic E-state index is -1.02. The zero-order chi connectivity index (χ0) is 15.9. The number of rotatable bonds is 3. The molecule has 0 aliphatic carbocycles. The van der Waals surface area contributed by atoms with Crippen LogP contribution in [0.5, 0.6) is 11.5 Å². The number of nitro groups is 1. The Morgan fingerprint density at radius 1 is 1.50 bits per heavy atom. The van der Waals surface area contributed by atoms with Crippen molar-refractivity contribution >= 4 is 6.21 Å². The summed E-state index contributed by atoms with van der Waals surface area (Å²) >= 11 is 0. The predicted octanol–water partition coefficient (Wildman–Crippen LogP) is 2.12. The van der Waals surface area contributed by atoms with Gasteiger partial charge in [-0.2, -0.15) is 0 Å². The van der Waals surface area contributed by atoms with Gasteiger partial charge in [-0.25, -0.2) is 4.99 Å². The minimum Gasteiger partial charge on any atom is -0.493 e. The summed E-state index contributed by atoms with van der Waals surface area (Å²) in [6.45, 7) is 4.39. The van der Waals surface area contributed by atoms with Crippen LogP contribution in [0.25, 0.3) is 0 Å². The van der Waals surface area contributed by atoms with Crippen molar-refractivity contribution in [3.63, 3.8) is 0 Å². The SMILES string of the molecule is Cc1ccc(OC2(C)N=CC([N+](=O)[O-])=CN2C)c2c1OCC2. The second kappa shape index (κ2) is 5.01. The van der Waals surface area contributed by atoms with Gasteiger partial charge in [0.25, 0.3) is 5.85 Å². The predicted molar refractivity (Wildman–Crippen MR) is 80.7 cm³/mol. The molecule has 0 fully saturated rings. The Hall–Kier alpha value is -2.57. The summed E-state index contributed by atoms with van der Waals surface area (Å²) in [6.07, 6.45) is 3.43. The summed E-state index contributed by atoms with van der Waals surface area (Å²) in [4.78, 5) is 16.2. The number of benzene rings is 1. The van der Waals surface area contributed by atoms with Crippen LogP contribution in [0.2, 0.25) is 0 Å². The Morgan fingerprint density at radius 3 is 2.95 bits per heavy atom. The molecule has 2 heterocycles. The Kier molecular flexibility index (Phi) is 3.27. The van der Waals surface area contributed by atoms with Gasteiger partial charge in [-0.3, -0.25) is 10.1 Å². The molecule has 116 valence electrons. The largest absolute Gasteiger partial charge is 0.493 e. The molecule has 0 aromatic heterocycles. The first-order valence-corrected chi connectivity index (χ1v) is 6.99. The topological polar surface area (TPSA) is 77.2 Å². The fraction of sp³-hybridized carbons (Fsp3) is 0.400. The smallest absolute Gasteiger partial charge is 0.303 e. The van der Waals surface area contributed by atoms with Crippen molar-refractivity contribution in [2.24, 2.45) is 4.99 Å². The first kappa shape index (κ1) is 14.4. The van der Waals surface area contributed by atoms with E-state index in [9.17, 15) is 10.1 Å². The molecule has 2 aliphatic heterocycles. The van der Waals surface area contributed by atoms with E-state index >= 15 is 0 Å². The molecule has 0 saturated heterocycles. The van der Waals surface area contributed by atoms with Crippen LogP contribution < -0.4 is 9.47 Å². The van der Waals surface area contributed by atoms with Gasteiger partial charge in [-0.15, -0.1) is 0 Å². The highest BCUT2D eigenvalue weighted by molar-refractivity contribution is 5.76. The normalized spacial score (nSPS) is 22.9. The first-order chi connectivity index (χ1) is 10.4. The number of fused-ring (bicyclic) bond motifs is 1. The minimum absolute atomic E-state index is 0.0685. The van der Waals surface area contributed by atoms with E-state index < -0.39 is 10.8 Å². The maximum Gasteiger partial charge on any atom is 0.303 e. The van der Waals surface area contributed by atoms with E-state index in [4.69, 9.17) is 9.47 Å². The molecule has 7 nitrogen and oxygen atoms in total.